The minimum absolute atomic E-state index is 0. The van der Waals surface area contributed by atoms with Gasteiger partial charge in [0.2, 0.25) is 5.95 Å². The summed E-state index contributed by atoms with van der Waals surface area (Å²) < 4.78 is 0.834. The van der Waals surface area contributed by atoms with Crippen LogP contribution in [0.4, 0.5) is 5.95 Å². The fourth-order valence-electron chi connectivity index (χ4n) is 1.04. The van der Waals surface area contributed by atoms with Gasteiger partial charge < -0.3 is 11.6 Å². The van der Waals surface area contributed by atoms with Crippen LogP contribution in [0.25, 0.3) is 0 Å². The minimum Gasteiger partial charge on any atom is -0.366 e. The van der Waals surface area contributed by atoms with E-state index in [-0.39, 0.29) is 29.8 Å². The highest BCUT2D eigenvalue weighted by molar-refractivity contribution is 5.85. The quantitative estimate of drug-likeness (QED) is 0.584. The maximum Gasteiger partial charge on any atom is 0.295 e. The number of rotatable bonds is 1. The van der Waals surface area contributed by atoms with E-state index in [0.717, 1.165) is 17.5 Å². The second kappa shape index (κ2) is 3.21. The van der Waals surface area contributed by atoms with Crippen LogP contribution in [0.15, 0.2) is 4.79 Å². The zero-order valence-electron chi connectivity index (χ0n) is 6.80. The number of nitrogens with zero attached hydrogens (tertiary/aromatic N) is 3. The first-order valence-electron chi connectivity index (χ1n) is 3.70. The maximum absolute atomic E-state index is 11.3. The van der Waals surface area contributed by atoms with Crippen molar-refractivity contribution in [2.45, 2.75) is 18.8 Å². The van der Waals surface area contributed by atoms with E-state index in [4.69, 9.17) is 11.6 Å². The van der Waals surface area contributed by atoms with Gasteiger partial charge in [-0.2, -0.15) is 4.68 Å². The van der Waals surface area contributed by atoms with Crippen LogP contribution in [0.5, 0.6) is 0 Å². The number of aromatic nitrogens is 3. The standard InChI is InChI=1S/C6H9N5O.ClH/c7-6-10-9-4(3-1-2-3)5(12)11(6)8;/h3H,1-2,8H2,(H2,7,10);1H. The number of hydrogen-bond acceptors (Lipinski definition) is 5. The molecule has 1 aromatic heterocycles. The zero-order valence-corrected chi connectivity index (χ0v) is 7.62. The molecule has 0 aliphatic heterocycles. The Kier molecular flexibility index (Phi) is 2.42. The molecule has 72 valence electrons. The highest BCUT2D eigenvalue weighted by Gasteiger charge is 2.29. The molecule has 0 bridgehead atoms. The lowest BCUT2D eigenvalue weighted by Crippen LogP contribution is -2.33. The summed E-state index contributed by atoms with van der Waals surface area (Å²) in [6.07, 6.45) is 1.99. The Labute approximate surface area is 80.3 Å². The summed E-state index contributed by atoms with van der Waals surface area (Å²) >= 11 is 0. The summed E-state index contributed by atoms with van der Waals surface area (Å²) in [5.41, 5.74) is 5.38. The molecule has 13 heavy (non-hydrogen) atoms. The molecule has 0 atom stereocenters. The van der Waals surface area contributed by atoms with Gasteiger partial charge in [0.25, 0.3) is 5.56 Å². The minimum atomic E-state index is -0.329. The monoisotopic (exact) mass is 203 g/mol. The van der Waals surface area contributed by atoms with E-state index in [1.54, 1.807) is 0 Å². The summed E-state index contributed by atoms with van der Waals surface area (Å²) in [5.74, 6) is 5.52. The molecule has 2 rings (SSSR count). The van der Waals surface area contributed by atoms with Gasteiger partial charge in [-0.05, 0) is 12.8 Å². The molecular weight excluding hydrogens is 194 g/mol. The van der Waals surface area contributed by atoms with E-state index < -0.39 is 0 Å². The Morgan fingerprint density at radius 1 is 1.38 bits per heavy atom. The van der Waals surface area contributed by atoms with Crippen LogP contribution < -0.4 is 17.1 Å². The van der Waals surface area contributed by atoms with E-state index in [9.17, 15) is 4.79 Å². The van der Waals surface area contributed by atoms with Gasteiger partial charge >= 0.3 is 0 Å². The van der Waals surface area contributed by atoms with Crippen molar-refractivity contribution in [1.82, 2.24) is 14.9 Å². The van der Waals surface area contributed by atoms with Crippen LogP contribution in [0.2, 0.25) is 0 Å². The van der Waals surface area contributed by atoms with E-state index in [1.807, 2.05) is 0 Å². The maximum atomic E-state index is 11.3. The number of halogens is 1. The molecule has 6 nitrogen and oxygen atoms in total. The molecule has 0 unspecified atom stereocenters. The smallest absolute Gasteiger partial charge is 0.295 e. The van der Waals surface area contributed by atoms with Crippen LogP contribution in [0.3, 0.4) is 0 Å². The second-order valence-electron chi connectivity index (χ2n) is 2.89. The highest BCUT2D eigenvalue weighted by atomic mass is 35.5. The van der Waals surface area contributed by atoms with Crippen LogP contribution in [0.1, 0.15) is 24.5 Å². The van der Waals surface area contributed by atoms with Crippen LogP contribution in [-0.2, 0) is 0 Å². The topological polar surface area (TPSA) is 99.8 Å². The molecule has 0 spiro atoms. The number of nitrogens with two attached hydrogens (primary N) is 2. The lowest BCUT2D eigenvalue weighted by Gasteiger charge is -2.01. The van der Waals surface area contributed by atoms with Crippen molar-refractivity contribution >= 4 is 18.4 Å². The van der Waals surface area contributed by atoms with Gasteiger partial charge in [0.05, 0.1) is 0 Å². The average Bonchev–Trinajstić information content (AvgIpc) is 2.84. The van der Waals surface area contributed by atoms with Crippen LogP contribution in [0, 0.1) is 0 Å². The molecule has 1 aliphatic carbocycles. The number of nitrogen functional groups attached to an aromatic ring is 2. The summed E-state index contributed by atoms with van der Waals surface area (Å²) in [6.45, 7) is 0. The fraction of sp³-hybridized carbons (Fsp3) is 0.500. The Morgan fingerprint density at radius 2 is 2.00 bits per heavy atom. The Balaban J connectivity index is 0.000000845. The van der Waals surface area contributed by atoms with Crippen molar-refractivity contribution in [2.24, 2.45) is 0 Å². The third-order valence-corrected chi connectivity index (χ3v) is 1.91. The van der Waals surface area contributed by atoms with Gasteiger partial charge in [-0.1, -0.05) is 0 Å². The van der Waals surface area contributed by atoms with Gasteiger partial charge in [-0.3, -0.25) is 4.79 Å². The fourth-order valence-corrected chi connectivity index (χ4v) is 1.04. The highest BCUT2D eigenvalue weighted by Crippen LogP contribution is 2.36. The van der Waals surface area contributed by atoms with Gasteiger partial charge in [-0.25, -0.2) is 0 Å². The predicted octanol–water partition coefficient (Wildman–Crippen LogP) is -0.766. The van der Waals surface area contributed by atoms with Crippen molar-refractivity contribution < 1.29 is 0 Å². The summed E-state index contributed by atoms with van der Waals surface area (Å²) in [7, 11) is 0. The molecule has 4 N–H and O–H groups in total. The zero-order chi connectivity index (χ0) is 8.72. The third kappa shape index (κ3) is 1.57. The normalized spacial score (nSPS) is 15.1. The first-order chi connectivity index (χ1) is 5.70. The summed E-state index contributed by atoms with van der Waals surface area (Å²) in [4.78, 5) is 11.3. The van der Waals surface area contributed by atoms with Crippen molar-refractivity contribution in [1.29, 1.82) is 0 Å². The van der Waals surface area contributed by atoms with Crippen LogP contribution >= 0.6 is 12.4 Å². The first kappa shape index (κ1) is 9.79. The SMILES string of the molecule is Cl.Nc1nnc(C2CC2)c(=O)n1N. The molecule has 1 heterocycles. The van der Waals surface area contributed by atoms with Crippen LogP contribution in [-0.4, -0.2) is 14.9 Å². The first-order valence-corrected chi connectivity index (χ1v) is 3.70. The average molecular weight is 204 g/mol. The van der Waals surface area contributed by atoms with Crippen molar-refractivity contribution in [2.75, 3.05) is 11.6 Å². The lowest BCUT2D eigenvalue weighted by atomic mass is 10.3. The summed E-state index contributed by atoms with van der Waals surface area (Å²) in [6, 6.07) is 0. The van der Waals surface area contributed by atoms with Gasteiger partial charge in [0.15, 0.2) is 0 Å². The third-order valence-electron chi connectivity index (χ3n) is 1.91. The molecule has 0 radical (unpaired) electrons. The van der Waals surface area contributed by atoms with Crippen molar-refractivity contribution in [3.8, 4) is 0 Å². The molecule has 0 amide bonds. The molecule has 1 fully saturated rings. The molecule has 1 aliphatic rings. The van der Waals surface area contributed by atoms with Gasteiger partial charge in [0.1, 0.15) is 5.69 Å². The van der Waals surface area contributed by atoms with Gasteiger partial charge in [-0.15, -0.1) is 22.6 Å². The van der Waals surface area contributed by atoms with E-state index in [0.29, 0.717) is 5.69 Å². The molecule has 1 saturated carbocycles. The molecule has 7 heteroatoms. The van der Waals surface area contributed by atoms with E-state index >= 15 is 0 Å². The summed E-state index contributed by atoms with van der Waals surface area (Å²) in [5, 5.41) is 7.28. The second-order valence-corrected chi connectivity index (χ2v) is 2.89. The number of anilines is 1. The predicted molar refractivity (Wildman–Crippen MR) is 50.1 cm³/mol. The van der Waals surface area contributed by atoms with Crippen molar-refractivity contribution in [3.63, 3.8) is 0 Å². The molecular formula is C6H10ClN5O. The molecule has 1 aromatic rings. The van der Waals surface area contributed by atoms with E-state index in [2.05, 4.69) is 10.2 Å². The van der Waals surface area contributed by atoms with Crippen molar-refractivity contribution in [3.05, 3.63) is 16.0 Å². The largest absolute Gasteiger partial charge is 0.366 e. The Bertz CT molecular complexity index is 372. The molecule has 0 saturated heterocycles. The lowest BCUT2D eigenvalue weighted by molar-refractivity contribution is 0.780. The van der Waals surface area contributed by atoms with Gasteiger partial charge in [0, 0.05) is 5.92 Å². The van der Waals surface area contributed by atoms with E-state index in [1.165, 1.54) is 0 Å². The Hall–Kier alpha value is -1.30. The number of hydrogen-bond donors (Lipinski definition) is 2. The molecule has 0 aromatic carbocycles. The Morgan fingerprint density at radius 3 is 2.54 bits per heavy atom.